The van der Waals surface area contributed by atoms with Gasteiger partial charge < -0.3 is 80.9 Å². The predicted octanol–water partition coefficient (Wildman–Crippen LogP) is 15.4. The van der Waals surface area contributed by atoms with Crippen molar-refractivity contribution in [3.63, 3.8) is 0 Å². The van der Waals surface area contributed by atoms with Crippen molar-refractivity contribution in [2.75, 3.05) is 62.3 Å². The molecule has 0 aromatic heterocycles. The Labute approximate surface area is 612 Å². The van der Waals surface area contributed by atoms with Crippen molar-refractivity contribution in [3.05, 3.63) is 172 Å². The highest BCUT2D eigenvalue weighted by atomic mass is 28.3. The zero-order chi connectivity index (χ0) is 75.3. The summed E-state index contributed by atoms with van der Waals surface area (Å²) in [6.45, 7) is 25.5. The maximum absolute atomic E-state index is 13.6. The number of methoxy groups -OCH3 is 5. The lowest BCUT2D eigenvalue weighted by Crippen LogP contribution is -2.37. The first-order valence-electron chi connectivity index (χ1n) is 35.4. The summed E-state index contributed by atoms with van der Waals surface area (Å²) in [5.41, 5.74) is 4.02. The van der Waals surface area contributed by atoms with Gasteiger partial charge in [-0.15, -0.1) is 0 Å². The zero-order valence-electron chi connectivity index (χ0n) is 63.5. The van der Waals surface area contributed by atoms with Crippen molar-refractivity contribution in [2.24, 2.45) is 0 Å². The summed E-state index contributed by atoms with van der Waals surface area (Å²) in [5.74, 6) is -1.17. The molecule has 0 spiro atoms. The van der Waals surface area contributed by atoms with Gasteiger partial charge in [0.2, 0.25) is 0 Å². The first-order chi connectivity index (χ1) is 48.9. The summed E-state index contributed by atoms with van der Waals surface area (Å²) < 4.78 is 93.6. The molecule has 0 bridgehead atoms. The number of rotatable bonds is 40. The molecule has 8 atom stereocenters. The Morgan fingerprint density at radius 2 is 0.932 bits per heavy atom. The van der Waals surface area contributed by atoms with Gasteiger partial charge in [0, 0.05) is 42.5 Å². The molecule has 0 radical (unpaired) electrons. The van der Waals surface area contributed by atoms with E-state index in [2.05, 4.69) is 39.3 Å². The van der Waals surface area contributed by atoms with Crippen molar-refractivity contribution in [3.8, 4) is 28.7 Å². The fourth-order valence-corrected chi connectivity index (χ4v) is 12.9. The molecule has 0 saturated carbocycles. The quantitative estimate of drug-likeness (QED) is 0.0126. The number of carbonyl (C=O) groups excluding carboxylic acids is 4. The Balaban J connectivity index is 0.000000329. The Bertz CT molecular complexity index is 3470. The molecule has 5 aromatic rings. The van der Waals surface area contributed by atoms with Crippen LogP contribution in [0.5, 0.6) is 28.7 Å². The second kappa shape index (κ2) is 41.3. The van der Waals surface area contributed by atoms with Crippen LogP contribution >= 0.6 is 0 Å². The van der Waals surface area contributed by atoms with Crippen molar-refractivity contribution >= 4 is 40.0 Å². The molecule has 21 nitrogen and oxygen atoms in total. The summed E-state index contributed by atoms with van der Waals surface area (Å²) >= 11 is 0. The number of hydrogen-bond donors (Lipinski definition) is 1. The summed E-state index contributed by atoms with van der Waals surface area (Å²) in [5, 5.41) is 9.83. The highest BCUT2D eigenvalue weighted by Gasteiger charge is 2.47. The van der Waals surface area contributed by atoms with E-state index in [1.807, 2.05) is 95.3 Å². The van der Waals surface area contributed by atoms with E-state index < -0.39 is 94.3 Å². The van der Waals surface area contributed by atoms with Crippen LogP contribution in [0.2, 0.25) is 51.4 Å². The molecule has 2 aliphatic rings. The minimum Gasteiger partial charge on any atom is -0.497 e. The molecule has 0 aliphatic carbocycles. The normalized spacial score (nSPS) is 18.2. The summed E-state index contributed by atoms with van der Waals surface area (Å²) in [4.78, 5) is 53.6. The molecular weight excluding hydrogens is 1350 g/mol. The van der Waals surface area contributed by atoms with E-state index in [1.165, 1.54) is 14.2 Å². The summed E-state index contributed by atoms with van der Waals surface area (Å²) in [7, 11) is 4.95. The van der Waals surface area contributed by atoms with E-state index in [4.69, 9.17) is 75.8 Å². The molecule has 2 saturated heterocycles. The molecule has 2 fully saturated rings. The standard InChI is InChI=1S/C44H60O11Si.C36H52O10Si/c1-31(51-29-32-21-23-35(48-5)24-22-32)15-13-19-37(53-42(45)33-16-11-10-12-17-33)41-38(54-44(2,3)55-41)20-14-18-34-27-36(49-6)28-39(52-30-47-4)40(34)43(46)50-25-26-56(7,8)9;1-25(37)14-12-18-29(44-34(38)26-15-10-9-11-16-26)33-30(45-36(2,3)46-33)19-13-17-27-22-28(41-5)23-31(43-24-40-4)32(27)35(39)42-20-21-47(6,7)8/h10-13,16-17,19,21-24,27-28,31,37-38,41H,14-15,18,20,25-26,29-30H2,1-9H3;9-12,15-16,18,22-23,25,29-30,33,37H,13-14,17,19-21,24H2,1-8H3/b19-13-;18-12-/t31-,37?,38-,41?;25-,29?,30-,33?/m00/s1. The molecule has 2 aliphatic heterocycles. The van der Waals surface area contributed by atoms with Gasteiger partial charge in [-0.2, -0.15) is 0 Å². The maximum atomic E-state index is 13.6. The predicted molar refractivity (Wildman–Crippen MR) is 399 cm³/mol. The van der Waals surface area contributed by atoms with Gasteiger partial charge in [0.15, 0.2) is 25.2 Å². The number of ether oxygens (including phenoxy) is 16. The van der Waals surface area contributed by atoms with E-state index in [-0.39, 0.29) is 19.7 Å². The van der Waals surface area contributed by atoms with Crippen molar-refractivity contribution in [2.45, 2.75) is 211 Å². The fourth-order valence-electron chi connectivity index (χ4n) is 11.4. The van der Waals surface area contributed by atoms with Crippen LogP contribution in [-0.2, 0) is 71.6 Å². The molecule has 1 N–H and O–H groups in total. The highest BCUT2D eigenvalue weighted by Crippen LogP contribution is 2.39. The van der Waals surface area contributed by atoms with Gasteiger partial charge >= 0.3 is 23.9 Å². The van der Waals surface area contributed by atoms with E-state index in [1.54, 1.807) is 101 Å². The number of aliphatic hydroxyl groups excluding tert-OH is 1. The Morgan fingerprint density at radius 3 is 1.31 bits per heavy atom. The van der Waals surface area contributed by atoms with Gasteiger partial charge in [-0.05, 0) is 182 Å². The summed E-state index contributed by atoms with van der Waals surface area (Å²) in [6, 6.07) is 34.1. The smallest absolute Gasteiger partial charge is 0.342 e. The average Bonchev–Trinajstić information content (AvgIpc) is 1.78. The Hall–Kier alpha value is -7.43. The fraction of sp³-hybridized carbons (Fsp3) is 0.525. The minimum atomic E-state index is -1.44. The molecule has 103 heavy (non-hydrogen) atoms. The van der Waals surface area contributed by atoms with Crippen molar-refractivity contribution in [1.82, 2.24) is 0 Å². The lowest BCUT2D eigenvalue weighted by molar-refractivity contribution is -0.153. The van der Waals surface area contributed by atoms with E-state index in [9.17, 15) is 24.3 Å². The highest BCUT2D eigenvalue weighted by molar-refractivity contribution is 6.76. The monoisotopic (exact) mass is 1460 g/mol. The van der Waals surface area contributed by atoms with Crippen LogP contribution in [0, 0.1) is 0 Å². The van der Waals surface area contributed by atoms with Gasteiger partial charge in [0.05, 0.1) is 76.7 Å². The Kier molecular flexibility index (Phi) is 33.9. The molecule has 5 aromatic carbocycles. The van der Waals surface area contributed by atoms with Crippen LogP contribution in [0.25, 0.3) is 0 Å². The maximum Gasteiger partial charge on any atom is 0.342 e. The first kappa shape index (κ1) is 84.5. The van der Waals surface area contributed by atoms with E-state index >= 15 is 0 Å². The second-order valence-corrected chi connectivity index (χ2v) is 40.2. The summed E-state index contributed by atoms with van der Waals surface area (Å²) in [6.07, 6.45) is 7.32. The third-order valence-electron chi connectivity index (χ3n) is 16.8. The first-order valence-corrected chi connectivity index (χ1v) is 42.8. The number of hydrogen-bond acceptors (Lipinski definition) is 21. The zero-order valence-corrected chi connectivity index (χ0v) is 65.5. The molecular formula is C80H112O21Si2. The van der Waals surface area contributed by atoms with Crippen LogP contribution in [0.3, 0.4) is 0 Å². The van der Waals surface area contributed by atoms with Gasteiger partial charge in [-0.1, -0.05) is 100.0 Å². The molecule has 2 heterocycles. The lowest BCUT2D eigenvalue weighted by Gasteiger charge is -2.25. The van der Waals surface area contributed by atoms with Crippen LogP contribution in [0.1, 0.15) is 138 Å². The van der Waals surface area contributed by atoms with Gasteiger partial charge in [-0.3, -0.25) is 0 Å². The molecule has 23 heteroatoms. The number of carbonyl (C=O) groups is 4. The number of aliphatic hydroxyl groups is 1. The number of benzene rings is 5. The van der Waals surface area contributed by atoms with Crippen LogP contribution in [-0.4, -0.2) is 168 Å². The topological polar surface area (TPSA) is 236 Å². The molecule has 7 rings (SSSR count). The lowest BCUT2D eigenvalue weighted by atomic mass is 9.96. The van der Waals surface area contributed by atoms with Gasteiger partial charge in [-0.25, -0.2) is 19.2 Å². The van der Waals surface area contributed by atoms with E-state index in [0.717, 1.165) is 29.0 Å². The molecule has 4 unspecified atom stereocenters. The molecule has 566 valence electrons. The number of aryl methyl sites for hydroxylation is 2. The Morgan fingerprint density at radius 1 is 0.524 bits per heavy atom. The van der Waals surface area contributed by atoms with Crippen LogP contribution in [0.4, 0.5) is 0 Å². The minimum absolute atomic E-state index is 0.0442. The average molecular weight is 1470 g/mol. The largest absolute Gasteiger partial charge is 0.497 e. The van der Waals surface area contributed by atoms with Gasteiger partial charge in [0.1, 0.15) is 64.3 Å². The van der Waals surface area contributed by atoms with Crippen molar-refractivity contribution < 1.29 is 100 Å². The van der Waals surface area contributed by atoms with Crippen molar-refractivity contribution in [1.29, 1.82) is 0 Å². The molecule has 0 amide bonds. The third-order valence-corrected chi connectivity index (χ3v) is 20.2. The number of esters is 4. The van der Waals surface area contributed by atoms with E-state index in [0.29, 0.717) is 122 Å². The second-order valence-electron chi connectivity index (χ2n) is 29.0. The van der Waals surface area contributed by atoms with Gasteiger partial charge in [0.25, 0.3) is 0 Å². The van der Waals surface area contributed by atoms with Crippen LogP contribution in [0.15, 0.2) is 133 Å². The van der Waals surface area contributed by atoms with Crippen LogP contribution < -0.4 is 23.7 Å². The SMILES string of the molecule is COCOc1cc(OC)cc(CCC[C@@H]2OC(C)(C)OC2C(/C=C\C[C@H](C)O)OC(=O)c2ccccc2)c1C(=O)OCC[Si](C)(C)C.COCOc1cc(OC)cc(CCC[C@@H]2OC(C)(C)OC2C(/C=C\C[C@H](C)OCc2ccc(OC)cc2)OC(=O)c2ccccc2)c1C(=O)OCC[Si](C)(C)C. The third kappa shape index (κ3) is 28.9.